The van der Waals surface area contributed by atoms with Gasteiger partial charge in [0.2, 0.25) is 5.91 Å². The Kier molecular flexibility index (Phi) is 5.98. The van der Waals surface area contributed by atoms with E-state index in [0.717, 1.165) is 19.4 Å². The van der Waals surface area contributed by atoms with Gasteiger partial charge in [0.05, 0.1) is 12.7 Å². The third-order valence-corrected chi connectivity index (χ3v) is 4.21. The summed E-state index contributed by atoms with van der Waals surface area (Å²) < 4.78 is 10.8. The second-order valence-electron chi connectivity index (χ2n) is 6.51. The number of amides is 1. The third kappa shape index (κ3) is 4.82. The van der Waals surface area contributed by atoms with Crippen molar-refractivity contribution in [1.29, 1.82) is 0 Å². The maximum atomic E-state index is 11.9. The fourth-order valence-electron chi connectivity index (χ4n) is 2.50. The van der Waals surface area contributed by atoms with E-state index in [0.29, 0.717) is 13.2 Å². The Bertz CT molecular complexity index is 476. The number of rotatable bonds is 7. The molecule has 0 radical (unpaired) electrons. The fraction of sp³-hybridized carbons (Fsp3) is 0.611. The molecule has 1 aliphatic heterocycles. The van der Waals surface area contributed by atoms with Crippen LogP contribution in [0.15, 0.2) is 24.3 Å². The molecule has 1 N–H and O–H groups in total. The Morgan fingerprint density at radius 2 is 2.09 bits per heavy atom. The predicted octanol–water partition coefficient (Wildman–Crippen LogP) is 2.45. The highest BCUT2D eigenvalue weighted by Crippen LogP contribution is 2.22. The Morgan fingerprint density at radius 3 is 2.68 bits per heavy atom. The standard InChI is InChI=1S/C18H27NO3/c1-4-14-5-7-15(8-6-14)18(2,3)13-19-17(20)12-22-16-9-10-21-11-16/h5-8,16H,4,9-13H2,1-3H3,(H,19,20)/t16-/m1/s1. The molecule has 1 saturated heterocycles. The molecule has 0 saturated carbocycles. The van der Waals surface area contributed by atoms with Gasteiger partial charge in [-0.1, -0.05) is 45.0 Å². The molecule has 1 aliphatic rings. The summed E-state index contributed by atoms with van der Waals surface area (Å²) in [6.45, 7) is 8.46. The molecule has 4 heteroatoms. The fourth-order valence-corrected chi connectivity index (χ4v) is 2.50. The Hall–Kier alpha value is -1.39. The molecule has 1 aromatic carbocycles. The lowest BCUT2D eigenvalue weighted by atomic mass is 9.84. The van der Waals surface area contributed by atoms with Crippen LogP contribution in [0, 0.1) is 0 Å². The van der Waals surface area contributed by atoms with E-state index < -0.39 is 0 Å². The van der Waals surface area contributed by atoms with Crippen LogP contribution in [0.3, 0.4) is 0 Å². The van der Waals surface area contributed by atoms with Crippen molar-refractivity contribution in [1.82, 2.24) is 5.32 Å². The van der Waals surface area contributed by atoms with Crippen molar-refractivity contribution in [2.75, 3.05) is 26.4 Å². The first kappa shape index (κ1) is 17.0. The molecule has 0 unspecified atom stereocenters. The lowest BCUT2D eigenvalue weighted by Gasteiger charge is -2.26. The highest BCUT2D eigenvalue weighted by Gasteiger charge is 2.22. The number of carbonyl (C=O) groups excluding carboxylic acids is 1. The first-order valence-electron chi connectivity index (χ1n) is 8.07. The summed E-state index contributed by atoms with van der Waals surface area (Å²) >= 11 is 0. The van der Waals surface area contributed by atoms with Gasteiger partial charge < -0.3 is 14.8 Å². The summed E-state index contributed by atoms with van der Waals surface area (Å²) in [7, 11) is 0. The quantitative estimate of drug-likeness (QED) is 0.842. The van der Waals surface area contributed by atoms with Crippen molar-refractivity contribution in [2.24, 2.45) is 0 Å². The van der Waals surface area contributed by atoms with Gasteiger partial charge in [-0.05, 0) is 24.0 Å². The molecule has 1 heterocycles. The Morgan fingerprint density at radius 1 is 1.36 bits per heavy atom. The summed E-state index contributed by atoms with van der Waals surface area (Å²) in [5, 5.41) is 2.97. The zero-order valence-electron chi connectivity index (χ0n) is 13.9. The SMILES string of the molecule is CCc1ccc(C(C)(C)CNC(=O)CO[C@@H]2CCOC2)cc1. The Labute approximate surface area is 133 Å². The van der Waals surface area contributed by atoms with E-state index >= 15 is 0 Å². The van der Waals surface area contributed by atoms with Gasteiger partial charge in [0.1, 0.15) is 6.61 Å². The average molecular weight is 305 g/mol. The molecule has 1 aromatic rings. The zero-order valence-corrected chi connectivity index (χ0v) is 13.9. The van der Waals surface area contributed by atoms with Crippen LogP contribution in [0.5, 0.6) is 0 Å². The van der Waals surface area contributed by atoms with Crippen LogP contribution in [-0.4, -0.2) is 38.4 Å². The molecule has 1 atom stereocenters. The first-order chi connectivity index (χ1) is 10.5. The van der Waals surface area contributed by atoms with Crippen LogP contribution in [0.2, 0.25) is 0 Å². The van der Waals surface area contributed by atoms with Crippen LogP contribution in [-0.2, 0) is 26.1 Å². The molecule has 0 bridgehead atoms. The molecule has 22 heavy (non-hydrogen) atoms. The van der Waals surface area contributed by atoms with Gasteiger partial charge in [-0.25, -0.2) is 0 Å². The topological polar surface area (TPSA) is 47.6 Å². The maximum Gasteiger partial charge on any atom is 0.246 e. The van der Waals surface area contributed by atoms with E-state index in [1.807, 2.05) is 0 Å². The van der Waals surface area contributed by atoms with E-state index in [1.54, 1.807) is 0 Å². The van der Waals surface area contributed by atoms with E-state index in [4.69, 9.17) is 9.47 Å². The van der Waals surface area contributed by atoms with Gasteiger partial charge >= 0.3 is 0 Å². The molecule has 0 spiro atoms. The van der Waals surface area contributed by atoms with Crippen molar-refractivity contribution in [2.45, 2.75) is 45.1 Å². The van der Waals surface area contributed by atoms with Gasteiger partial charge in [0.15, 0.2) is 0 Å². The number of nitrogens with one attached hydrogen (secondary N) is 1. The molecule has 122 valence electrons. The number of benzene rings is 1. The molecular weight excluding hydrogens is 278 g/mol. The Balaban J connectivity index is 1.78. The molecule has 0 aromatic heterocycles. The largest absolute Gasteiger partial charge is 0.379 e. The number of carbonyl (C=O) groups is 1. The minimum Gasteiger partial charge on any atom is -0.379 e. The minimum absolute atomic E-state index is 0.0647. The lowest BCUT2D eigenvalue weighted by molar-refractivity contribution is -0.127. The molecule has 2 rings (SSSR count). The van der Waals surface area contributed by atoms with Crippen molar-refractivity contribution in [3.05, 3.63) is 35.4 Å². The summed E-state index contributed by atoms with van der Waals surface area (Å²) in [6, 6.07) is 8.61. The van der Waals surface area contributed by atoms with Crippen molar-refractivity contribution >= 4 is 5.91 Å². The highest BCUT2D eigenvalue weighted by molar-refractivity contribution is 5.77. The van der Waals surface area contributed by atoms with Gasteiger partial charge in [0.25, 0.3) is 0 Å². The summed E-state index contributed by atoms with van der Waals surface area (Å²) in [5.41, 5.74) is 2.46. The molecule has 1 fully saturated rings. The van der Waals surface area contributed by atoms with Crippen molar-refractivity contribution in [3.8, 4) is 0 Å². The number of aryl methyl sites for hydroxylation is 1. The third-order valence-electron chi connectivity index (χ3n) is 4.21. The number of hydrogen-bond donors (Lipinski definition) is 1. The monoisotopic (exact) mass is 305 g/mol. The van der Waals surface area contributed by atoms with Crippen LogP contribution < -0.4 is 5.32 Å². The van der Waals surface area contributed by atoms with Crippen LogP contribution in [0.1, 0.15) is 38.3 Å². The molecule has 0 aliphatic carbocycles. The van der Waals surface area contributed by atoms with Crippen molar-refractivity contribution in [3.63, 3.8) is 0 Å². The van der Waals surface area contributed by atoms with Gasteiger partial charge in [0, 0.05) is 18.6 Å². The summed E-state index contributed by atoms with van der Waals surface area (Å²) in [4.78, 5) is 11.9. The van der Waals surface area contributed by atoms with Crippen LogP contribution >= 0.6 is 0 Å². The smallest absolute Gasteiger partial charge is 0.246 e. The second-order valence-corrected chi connectivity index (χ2v) is 6.51. The molecule has 4 nitrogen and oxygen atoms in total. The van der Waals surface area contributed by atoms with E-state index in [2.05, 4.69) is 50.4 Å². The van der Waals surface area contributed by atoms with Crippen molar-refractivity contribution < 1.29 is 14.3 Å². The first-order valence-corrected chi connectivity index (χ1v) is 8.07. The van der Waals surface area contributed by atoms with Gasteiger partial charge in [-0.15, -0.1) is 0 Å². The van der Waals surface area contributed by atoms with Crippen LogP contribution in [0.4, 0.5) is 0 Å². The molecular formula is C18H27NO3. The van der Waals surface area contributed by atoms with E-state index in [1.165, 1.54) is 11.1 Å². The normalized spacial score (nSPS) is 18.4. The minimum atomic E-state index is -0.0988. The van der Waals surface area contributed by atoms with E-state index in [-0.39, 0.29) is 24.0 Å². The second kappa shape index (κ2) is 7.75. The van der Waals surface area contributed by atoms with Gasteiger partial charge in [-0.2, -0.15) is 0 Å². The van der Waals surface area contributed by atoms with Gasteiger partial charge in [-0.3, -0.25) is 4.79 Å². The van der Waals surface area contributed by atoms with Crippen LogP contribution in [0.25, 0.3) is 0 Å². The predicted molar refractivity (Wildman–Crippen MR) is 87.0 cm³/mol. The highest BCUT2D eigenvalue weighted by atomic mass is 16.5. The summed E-state index contributed by atoms with van der Waals surface area (Å²) in [5.74, 6) is -0.0647. The van der Waals surface area contributed by atoms with E-state index in [9.17, 15) is 4.79 Å². The zero-order chi connectivity index (χ0) is 16.0. The number of ether oxygens (including phenoxy) is 2. The number of hydrogen-bond acceptors (Lipinski definition) is 3. The summed E-state index contributed by atoms with van der Waals surface area (Å²) in [6.07, 6.45) is 1.99. The lowest BCUT2D eigenvalue weighted by Crippen LogP contribution is -2.39. The maximum absolute atomic E-state index is 11.9. The molecule has 1 amide bonds. The average Bonchev–Trinajstić information content (AvgIpc) is 3.04.